The van der Waals surface area contributed by atoms with Gasteiger partial charge in [-0.25, -0.2) is 0 Å². The average Bonchev–Trinajstić information content (AvgIpc) is 2.78. The van der Waals surface area contributed by atoms with Gasteiger partial charge in [0, 0.05) is 7.05 Å². The van der Waals surface area contributed by atoms with Crippen LogP contribution in [-0.4, -0.2) is 23.4 Å². The molecule has 1 aromatic carbocycles. The van der Waals surface area contributed by atoms with E-state index in [0.29, 0.717) is 0 Å². The summed E-state index contributed by atoms with van der Waals surface area (Å²) in [5.41, 5.74) is 5.04. The van der Waals surface area contributed by atoms with Gasteiger partial charge in [0.2, 0.25) is 0 Å². The number of rotatable bonds is 6. The zero-order valence-corrected chi connectivity index (χ0v) is 13.6. The van der Waals surface area contributed by atoms with Crippen molar-refractivity contribution in [3.63, 3.8) is 0 Å². The molecule has 0 aliphatic carbocycles. The number of likely N-dealkylation sites (N-methyl/N-ethyl adjacent to an activating group) is 1. The number of nitrogens with one attached hydrogen (secondary N) is 1. The highest BCUT2D eigenvalue weighted by Crippen LogP contribution is 2.27. The van der Waals surface area contributed by atoms with Gasteiger partial charge in [0.25, 0.3) is 0 Å². The second-order valence-electron chi connectivity index (χ2n) is 5.53. The van der Waals surface area contributed by atoms with Crippen molar-refractivity contribution in [1.82, 2.24) is 15.1 Å². The van der Waals surface area contributed by atoms with Crippen molar-refractivity contribution < 1.29 is 4.74 Å². The molecule has 0 amide bonds. The van der Waals surface area contributed by atoms with E-state index >= 15 is 0 Å². The second-order valence-corrected chi connectivity index (χ2v) is 5.53. The fourth-order valence-corrected chi connectivity index (χ4v) is 2.92. The number of nitrogens with zero attached hydrogens (tertiary/aromatic N) is 2. The Bertz CT molecular complexity index is 584. The van der Waals surface area contributed by atoms with Crippen LogP contribution >= 0.6 is 0 Å². The fraction of sp³-hybridized carbons (Fsp3) is 0.471. The summed E-state index contributed by atoms with van der Waals surface area (Å²) in [7, 11) is 3.66. The Morgan fingerprint density at radius 2 is 1.90 bits per heavy atom. The highest BCUT2D eigenvalue weighted by molar-refractivity contribution is 5.33. The molecular formula is C17H25N3O. The van der Waals surface area contributed by atoms with Crippen molar-refractivity contribution in [1.29, 1.82) is 0 Å². The monoisotopic (exact) mass is 287 g/mol. The number of hydrogen-bond acceptors (Lipinski definition) is 3. The summed E-state index contributed by atoms with van der Waals surface area (Å²) in [6, 6.07) is 6.90. The van der Waals surface area contributed by atoms with Gasteiger partial charge in [0.1, 0.15) is 0 Å². The molecule has 1 aromatic heterocycles. The minimum atomic E-state index is 0.193. The molecule has 0 fully saturated rings. The molecule has 114 valence electrons. The molecule has 0 saturated heterocycles. The van der Waals surface area contributed by atoms with Gasteiger partial charge >= 0.3 is 0 Å². The Morgan fingerprint density at radius 3 is 2.48 bits per heavy atom. The van der Waals surface area contributed by atoms with Crippen LogP contribution in [0.5, 0.6) is 5.75 Å². The zero-order valence-electron chi connectivity index (χ0n) is 13.6. The average molecular weight is 287 g/mol. The largest absolute Gasteiger partial charge is 0.493 e. The highest BCUT2D eigenvalue weighted by Gasteiger charge is 2.20. The SMILES string of the molecule is CCNC(Cc1cc(C)cc(C)c1)c1c(OC)cnn1C. The molecule has 0 aliphatic rings. The van der Waals surface area contributed by atoms with Gasteiger partial charge in [-0.2, -0.15) is 5.10 Å². The molecular weight excluding hydrogens is 262 g/mol. The Balaban J connectivity index is 2.32. The summed E-state index contributed by atoms with van der Waals surface area (Å²) < 4.78 is 7.35. The maximum absolute atomic E-state index is 5.46. The van der Waals surface area contributed by atoms with E-state index in [9.17, 15) is 0 Å². The van der Waals surface area contributed by atoms with E-state index < -0.39 is 0 Å². The predicted molar refractivity (Wildman–Crippen MR) is 85.8 cm³/mol. The maximum atomic E-state index is 5.46. The second kappa shape index (κ2) is 6.76. The number of hydrogen-bond donors (Lipinski definition) is 1. The molecule has 0 radical (unpaired) electrons. The standard InChI is InChI=1S/C17H25N3O/c1-6-18-15(17-16(21-5)11-19-20(17)4)10-14-8-12(2)7-13(3)9-14/h7-9,11,15,18H,6,10H2,1-5H3. The van der Waals surface area contributed by atoms with Crippen LogP contribution < -0.4 is 10.1 Å². The molecule has 21 heavy (non-hydrogen) atoms. The lowest BCUT2D eigenvalue weighted by Crippen LogP contribution is -2.25. The van der Waals surface area contributed by atoms with Gasteiger partial charge in [0.05, 0.1) is 25.0 Å². The van der Waals surface area contributed by atoms with E-state index in [1.807, 2.05) is 11.7 Å². The molecule has 4 nitrogen and oxygen atoms in total. The molecule has 2 rings (SSSR count). The first-order chi connectivity index (χ1) is 10.0. The van der Waals surface area contributed by atoms with Crippen LogP contribution in [0.1, 0.15) is 35.3 Å². The third kappa shape index (κ3) is 3.64. The van der Waals surface area contributed by atoms with Gasteiger partial charge < -0.3 is 10.1 Å². The van der Waals surface area contributed by atoms with Gasteiger partial charge in [-0.3, -0.25) is 4.68 Å². The van der Waals surface area contributed by atoms with Crippen molar-refractivity contribution in [2.45, 2.75) is 33.2 Å². The summed E-state index contributed by atoms with van der Waals surface area (Å²) >= 11 is 0. The van der Waals surface area contributed by atoms with Crippen LogP contribution in [0, 0.1) is 13.8 Å². The van der Waals surface area contributed by atoms with Crippen LogP contribution in [0.25, 0.3) is 0 Å². The first kappa shape index (κ1) is 15.6. The van der Waals surface area contributed by atoms with E-state index in [0.717, 1.165) is 24.4 Å². The topological polar surface area (TPSA) is 39.1 Å². The van der Waals surface area contributed by atoms with E-state index in [1.165, 1.54) is 16.7 Å². The lowest BCUT2D eigenvalue weighted by atomic mass is 9.99. The van der Waals surface area contributed by atoms with Crippen LogP contribution in [-0.2, 0) is 13.5 Å². The number of ether oxygens (including phenoxy) is 1. The third-order valence-electron chi connectivity index (χ3n) is 3.67. The molecule has 0 spiro atoms. The molecule has 1 heterocycles. The summed E-state index contributed by atoms with van der Waals surface area (Å²) in [6.07, 6.45) is 2.70. The van der Waals surface area contributed by atoms with Crippen LogP contribution in [0.3, 0.4) is 0 Å². The molecule has 0 bridgehead atoms. The first-order valence-corrected chi connectivity index (χ1v) is 7.41. The Hall–Kier alpha value is -1.81. The van der Waals surface area contributed by atoms with E-state index in [4.69, 9.17) is 4.74 Å². The summed E-state index contributed by atoms with van der Waals surface area (Å²) in [4.78, 5) is 0. The van der Waals surface area contributed by atoms with Crippen molar-refractivity contribution in [3.05, 3.63) is 46.8 Å². The molecule has 0 aliphatic heterocycles. The lowest BCUT2D eigenvalue weighted by Gasteiger charge is -2.20. The highest BCUT2D eigenvalue weighted by atomic mass is 16.5. The fourth-order valence-electron chi connectivity index (χ4n) is 2.92. The normalized spacial score (nSPS) is 12.4. The van der Waals surface area contributed by atoms with Gasteiger partial charge in [-0.1, -0.05) is 36.2 Å². The number of methoxy groups -OCH3 is 1. The van der Waals surface area contributed by atoms with Crippen LogP contribution in [0.4, 0.5) is 0 Å². The number of aromatic nitrogens is 2. The summed E-state index contributed by atoms with van der Waals surface area (Å²) in [5.74, 6) is 0.841. The Kier molecular flexibility index (Phi) is 5.02. The predicted octanol–water partition coefficient (Wildman–Crippen LogP) is 2.94. The molecule has 0 saturated carbocycles. The number of benzene rings is 1. The summed E-state index contributed by atoms with van der Waals surface area (Å²) in [5, 5.41) is 7.87. The smallest absolute Gasteiger partial charge is 0.161 e. The summed E-state index contributed by atoms with van der Waals surface area (Å²) in [6.45, 7) is 7.31. The van der Waals surface area contributed by atoms with Gasteiger partial charge in [-0.05, 0) is 32.4 Å². The zero-order chi connectivity index (χ0) is 15.4. The molecule has 2 aromatic rings. The molecule has 1 atom stereocenters. The third-order valence-corrected chi connectivity index (χ3v) is 3.67. The number of aryl methyl sites for hydroxylation is 3. The van der Waals surface area contributed by atoms with Crippen LogP contribution in [0.2, 0.25) is 0 Å². The van der Waals surface area contributed by atoms with Crippen molar-refractivity contribution in [3.8, 4) is 5.75 Å². The van der Waals surface area contributed by atoms with E-state index in [2.05, 4.69) is 49.4 Å². The quantitative estimate of drug-likeness (QED) is 0.888. The Morgan fingerprint density at radius 1 is 1.24 bits per heavy atom. The van der Waals surface area contributed by atoms with E-state index in [-0.39, 0.29) is 6.04 Å². The van der Waals surface area contributed by atoms with Crippen LogP contribution in [0.15, 0.2) is 24.4 Å². The van der Waals surface area contributed by atoms with Crippen molar-refractivity contribution in [2.75, 3.05) is 13.7 Å². The first-order valence-electron chi connectivity index (χ1n) is 7.41. The Labute approximate surface area is 127 Å². The lowest BCUT2D eigenvalue weighted by molar-refractivity contribution is 0.394. The van der Waals surface area contributed by atoms with Crippen molar-refractivity contribution in [2.24, 2.45) is 7.05 Å². The van der Waals surface area contributed by atoms with Gasteiger partial charge in [-0.15, -0.1) is 0 Å². The molecule has 1 unspecified atom stereocenters. The molecule has 1 N–H and O–H groups in total. The van der Waals surface area contributed by atoms with Crippen molar-refractivity contribution >= 4 is 0 Å². The maximum Gasteiger partial charge on any atom is 0.161 e. The molecule has 4 heteroatoms. The van der Waals surface area contributed by atoms with Gasteiger partial charge in [0.15, 0.2) is 5.75 Å². The minimum Gasteiger partial charge on any atom is -0.493 e. The van der Waals surface area contributed by atoms with E-state index in [1.54, 1.807) is 13.3 Å². The minimum absolute atomic E-state index is 0.193.